The van der Waals surface area contributed by atoms with Crippen molar-refractivity contribution in [2.24, 2.45) is 0 Å². The first-order chi connectivity index (χ1) is 12.7. The highest BCUT2D eigenvalue weighted by atomic mass is 32.1. The number of methoxy groups -OCH3 is 2. The summed E-state index contributed by atoms with van der Waals surface area (Å²) in [6.45, 7) is 0. The summed E-state index contributed by atoms with van der Waals surface area (Å²) >= 11 is 1.08. The third kappa shape index (κ3) is 2.78. The van der Waals surface area contributed by atoms with Gasteiger partial charge in [-0.1, -0.05) is 24.3 Å². The first-order valence-corrected chi connectivity index (χ1v) is 8.68. The molecular formula is C20H15FN2O2S. The minimum Gasteiger partial charge on any atom is -0.497 e. The Morgan fingerprint density at radius 2 is 1.31 bits per heavy atom. The average Bonchev–Trinajstić information content (AvgIpc) is 3.17. The molecule has 0 aliphatic rings. The zero-order valence-electron chi connectivity index (χ0n) is 14.2. The molecule has 4 aromatic rings. The number of fused-ring (bicyclic) bond motifs is 1. The predicted molar refractivity (Wildman–Crippen MR) is 101 cm³/mol. The Morgan fingerprint density at radius 1 is 0.769 bits per heavy atom. The van der Waals surface area contributed by atoms with Crippen LogP contribution in [0.5, 0.6) is 11.5 Å². The number of ether oxygens (including phenoxy) is 2. The highest BCUT2D eigenvalue weighted by Crippen LogP contribution is 2.37. The summed E-state index contributed by atoms with van der Waals surface area (Å²) in [4.78, 5) is 0. The molecule has 6 heteroatoms. The third-order valence-corrected chi connectivity index (χ3v) is 4.80. The van der Waals surface area contributed by atoms with Crippen LogP contribution in [0.25, 0.3) is 33.3 Å². The smallest absolute Gasteiger partial charge is 0.134 e. The molecule has 3 aromatic carbocycles. The van der Waals surface area contributed by atoms with Crippen LogP contribution in [0.4, 0.5) is 4.39 Å². The van der Waals surface area contributed by atoms with Gasteiger partial charge in [0.2, 0.25) is 0 Å². The molecule has 0 bridgehead atoms. The SMILES string of the molecule is COc1ccc(-c2cc(F)c(-c3ccc(OC)cc3)c3nsnc23)cc1. The monoisotopic (exact) mass is 366 g/mol. The van der Waals surface area contributed by atoms with Gasteiger partial charge >= 0.3 is 0 Å². The van der Waals surface area contributed by atoms with Crippen molar-refractivity contribution in [2.75, 3.05) is 14.2 Å². The fourth-order valence-electron chi connectivity index (χ4n) is 2.93. The zero-order valence-corrected chi connectivity index (χ0v) is 15.0. The van der Waals surface area contributed by atoms with Crippen LogP contribution in [0.3, 0.4) is 0 Å². The molecule has 0 spiro atoms. The molecule has 130 valence electrons. The maximum absolute atomic E-state index is 15.0. The molecule has 0 saturated carbocycles. The van der Waals surface area contributed by atoms with Gasteiger partial charge in [0.25, 0.3) is 0 Å². The van der Waals surface area contributed by atoms with Crippen LogP contribution >= 0.6 is 11.7 Å². The molecule has 0 aliphatic heterocycles. The predicted octanol–water partition coefficient (Wildman–Crippen LogP) is 5.18. The lowest BCUT2D eigenvalue weighted by Gasteiger charge is -2.10. The number of hydrogen-bond donors (Lipinski definition) is 0. The third-order valence-electron chi connectivity index (χ3n) is 4.27. The minimum atomic E-state index is -0.332. The summed E-state index contributed by atoms with van der Waals surface area (Å²) in [5.41, 5.74) is 4.02. The van der Waals surface area contributed by atoms with Crippen molar-refractivity contribution in [3.8, 4) is 33.8 Å². The Bertz CT molecular complexity index is 1060. The van der Waals surface area contributed by atoms with Crippen molar-refractivity contribution >= 4 is 22.8 Å². The molecule has 4 rings (SSSR count). The Morgan fingerprint density at radius 3 is 1.88 bits per heavy atom. The van der Waals surface area contributed by atoms with Gasteiger partial charge in [-0.25, -0.2) is 4.39 Å². The van der Waals surface area contributed by atoms with Gasteiger partial charge in [-0.15, -0.1) is 0 Å². The van der Waals surface area contributed by atoms with Crippen molar-refractivity contribution in [2.45, 2.75) is 0 Å². The Labute approximate surface area is 154 Å². The van der Waals surface area contributed by atoms with Crippen LogP contribution in [0.15, 0.2) is 54.6 Å². The number of halogens is 1. The van der Waals surface area contributed by atoms with E-state index in [4.69, 9.17) is 9.47 Å². The second-order valence-electron chi connectivity index (χ2n) is 5.70. The van der Waals surface area contributed by atoms with Crippen LogP contribution in [-0.4, -0.2) is 23.0 Å². The average molecular weight is 366 g/mol. The molecule has 26 heavy (non-hydrogen) atoms. The lowest BCUT2D eigenvalue weighted by Crippen LogP contribution is -1.91. The van der Waals surface area contributed by atoms with Crippen LogP contribution < -0.4 is 9.47 Å². The summed E-state index contributed by atoms with van der Waals surface area (Å²) < 4.78 is 34.2. The fraction of sp³-hybridized carbons (Fsp3) is 0.100. The summed E-state index contributed by atoms with van der Waals surface area (Å²) in [7, 11) is 3.21. The van der Waals surface area contributed by atoms with E-state index >= 15 is 4.39 Å². The van der Waals surface area contributed by atoms with Crippen LogP contribution in [0, 0.1) is 5.82 Å². The van der Waals surface area contributed by atoms with Crippen molar-refractivity contribution in [1.29, 1.82) is 0 Å². The van der Waals surface area contributed by atoms with E-state index in [0.29, 0.717) is 22.2 Å². The molecular weight excluding hydrogens is 351 g/mol. The molecule has 0 saturated heterocycles. The van der Waals surface area contributed by atoms with Crippen molar-refractivity contribution in [3.05, 3.63) is 60.4 Å². The number of benzene rings is 3. The summed E-state index contributed by atoms with van der Waals surface area (Å²) in [5, 5.41) is 0. The normalized spacial score (nSPS) is 10.9. The molecule has 0 atom stereocenters. The molecule has 1 heterocycles. The summed E-state index contributed by atoms with van der Waals surface area (Å²) in [6, 6.07) is 16.2. The van der Waals surface area contributed by atoms with E-state index in [-0.39, 0.29) is 5.82 Å². The number of nitrogens with zero attached hydrogens (tertiary/aromatic N) is 2. The molecule has 0 N–H and O–H groups in total. The van der Waals surface area contributed by atoms with Gasteiger partial charge in [-0.2, -0.15) is 8.75 Å². The van der Waals surface area contributed by atoms with Gasteiger partial charge < -0.3 is 9.47 Å². The number of rotatable bonds is 4. The van der Waals surface area contributed by atoms with E-state index < -0.39 is 0 Å². The second kappa shape index (κ2) is 6.72. The van der Waals surface area contributed by atoms with Crippen LogP contribution in [0.2, 0.25) is 0 Å². The first-order valence-electron chi connectivity index (χ1n) is 7.95. The van der Waals surface area contributed by atoms with E-state index in [1.54, 1.807) is 26.4 Å². The molecule has 4 nitrogen and oxygen atoms in total. The minimum absolute atomic E-state index is 0.332. The van der Waals surface area contributed by atoms with E-state index in [0.717, 1.165) is 34.4 Å². The van der Waals surface area contributed by atoms with Crippen molar-refractivity contribution < 1.29 is 13.9 Å². The molecule has 1 aromatic heterocycles. The van der Waals surface area contributed by atoms with Gasteiger partial charge in [0.15, 0.2) is 0 Å². The van der Waals surface area contributed by atoms with Gasteiger partial charge in [0.05, 0.1) is 25.9 Å². The molecule has 0 unspecified atom stereocenters. The number of aromatic nitrogens is 2. The molecule has 0 aliphatic carbocycles. The Balaban J connectivity index is 1.89. The molecule has 0 radical (unpaired) electrons. The summed E-state index contributed by atoms with van der Waals surface area (Å²) in [5.74, 6) is 1.13. The lowest BCUT2D eigenvalue weighted by atomic mass is 9.97. The van der Waals surface area contributed by atoms with Gasteiger partial charge in [-0.3, -0.25) is 0 Å². The second-order valence-corrected chi connectivity index (χ2v) is 6.23. The van der Waals surface area contributed by atoms with E-state index in [2.05, 4.69) is 8.75 Å². The molecule has 0 fully saturated rings. The lowest BCUT2D eigenvalue weighted by molar-refractivity contribution is 0.415. The van der Waals surface area contributed by atoms with E-state index in [9.17, 15) is 0 Å². The summed E-state index contributed by atoms with van der Waals surface area (Å²) in [6.07, 6.45) is 0. The van der Waals surface area contributed by atoms with E-state index in [1.165, 1.54) is 6.07 Å². The van der Waals surface area contributed by atoms with Gasteiger partial charge in [0, 0.05) is 11.1 Å². The number of hydrogen-bond acceptors (Lipinski definition) is 5. The quantitative estimate of drug-likeness (QED) is 0.499. The van der Waals surface area contributed by atoms with E-state index in [1.807, 2.05) is 36.4 Å². The Hall–Kier alpha value is -2.99. The van der Waals surface area contributed by atoms with Crippen molar-refractivity contribution in [1.82, 2.24) is 8.75 Å². The van der Waals surface area contributed by atoms with Crippen LogP contribution in [0.1, 0.15) is 0 Å². The first kappa shape index (κ1) is 16.5. The zero-order chi connectivity index (χ0) is 18.1. The highest BCUT2D eigenvalue weighted by Gasteiger charge is 2.18. The van der Waals surface area contributed by atoms with Gasteiger partial charge in [0.1, 0.15) is 28.3 Å². The largest absolute Gasteiger partial charge is 0.497 e. The fourth-order valence-corrected chi connectivity index (χ4v) is 3.50. The molecule has 0 amide bonds. The highest BCUT2D eigenvalue weighted by molar-refractivity contribution is 7.00. The maximum atomic E-state index is 15.0. The Kier molecular flexibility index (Phi) is 4.26. The van der Waals surface area contributed by atoms with Crippen molar-refractivity contribution in [3.63, 3.8) is 0 Å². The van der Waals surface area contributed by atoms with Crippen LogP contribution in [-0.2, 0) is 0 Å². The van der Waals surface area contributed by atoms with Gasteiger partial charge in [-0.05, 0) is 41.5 Å². The topological polar surface area (TPSA) is 44.2 Å². The maximum Gasteiger partial charge on any atom is 0.134 e. The standard InChI is InChI=1S/C20H15FN2O2S/c1-24-14-7-3-12(4-8-14)16-11-17(21)18(20-19(16)22-26-23-20)13-5-9-15(25-2)10-6-13/h3-11H,1-2H3.